The lowest BCUT2D eigenvalue weighted by Gasteiger charge is -2.42. The van der Waals surface area contributed by atoms with Gasteiger partial charge in [-0.05, 0) is 37.4 Å². The molecule has 1 aliphatic rings. The topological polar surface area (TPSA) is 32.5 Å². The largest absolute Gasteiger partial charge is 0.326 e. The van der Waals surface area contributed by atoms with Crippen LogP contribution < -0.4 is 5.73 Å². The van der Waals surface area contributed by atoms with Crippen molar-refractivity contribution in [3.8, 4) is 0 Å². The van der Waals surface area contributed by atoms with E-state index in [0.29, 0.717) is 6.04 Å². The zero-order chi connectivity index (χ0) is 15.2. The summed E-state index contributed by atoms with van der Waals surface area (Å²) < 4.78 is 0. The minimum atomic E-state index is 0.212. The standard InChI is InChI=1S/C18H31N3/c1-4-10-20-11-13-21(14-12-20)18(17(19)5-2)16-9-7-6-8-15(16)3/h6-9,17-18H,4-5,10-14,19H2,1-3H3. The van der Waals surface area contributed by atoms with Crippen LogP contribution in [0, 0.1) is 6.92 Å². The molecule has 0 bridgehead atoms. The van der Waals surface area contributed by atoms with Gasteiger partial charge in [-0.15, -0.1) is 0 Å². The molecule has 118 valence electrons. The van der Waals surface area contributed by atoms with Crippen molar-refractivity contribution in [2.75, 3.05) is 32.7 Å². The van der Waals surface area contributed by atoms with E-state index in [0.717, 1.165) is 19.5 Å². The maximum Gasteiger partial charge on any atom is 0.0502 e. The monoisotopic (exact) mass is 289 g/mol. The minimum Gasteiger partial charge on any atom is -0.326 e. The second-order valence-corrected chi connectivity index (χ2v) is 6.25. The number of nitrogens with zero attached hydrogens (tertiary/aromatic N) is 2. The fourth-order valence-electron chi connectivity index (χ4n) is 3.42. The van der Waals surface area contributed by atoms with E-state index in [9.17, 15) is 0 Å². The van der Waals surface area contributed by atoms with E-state index in [2.05, 4.69) is 54.8 Å². The van der Waals surface area contributed by atoms with Crippen molar-refractivity contribution >= 4 is 0 Å². The number of rotatable bonds is 6. The van der Waals surface area contributed by atoms with E-state index >= 15 is 0 Å². The lowest BCUT2D eigenvalue weighted by atomic mass is 9.92. The molecule has 2 unspecified atom stereocenters. The number of hydrogen-bond acceptors (Lipinski definition) is 3. The third-order valence-electron chi connectivity index (χ3n) is 4.72. The highest BCUT2D eigenvalue weighted by atomic mass is 15.3. The maximum absolute atomic E-state index is 6.49. The molecule has 3 nitrogen and oxygen atoms in total. The third-order valence-corrected chi connectivity index (χ3v) is 4.72. The second kappa shape index (κ2) is 7.92. The summed E-state index contributed by atoms with van der Waals surface area (Å²) in [6.45, 7) is 12.5. The summed E-state index contributed by atoms with van der Waals surface area (Å²) in [6.07, 6.45) is 2.27. The second-order valence-electron chi connectivity index (χ2n) is 6.25. The molecule has 1 aromatic rings. The highest BCUT2D eigenvalue weighted by Crippen LogP contribution is 2.28. The quantitative estimate of drug-likeness (QED) is 0.874. The van der Waals surface area contributed by atoms with Gasteiger partial charge in [-0.3, -0.25) is 4.90 Å². The molecule has 0 aromatic heterocycles. The summed E-state index contributed by atoms with van der Waals surface area (Å²) in [5, 5.41) is 0. The number of aryl methyl sites for hydroxylation is 1. The Morgan fingerprint density at radius 2 is 1.76 bits per heavy atom. The first-order valence-corrected chi connectivity index (χ1v) is 8.44. The van der Waals surface area contributed by atoms with Crippen molar-refractivity contribution in [3.05, 3.63) is 35.4 Å². The Kier molecular flexibility index (Phi) is 6.22. The van der Waals surface area contributed by atoms with Gasteiger partial charge in [-0.2, -0.15) is 0 Å². The van der Waals surface area contributed by atoms with Crippen LogP contribution >= 0.6 is 0 Å². The van der Waals surface area contributed by atoms with Crippen LogP contribution in [0.4, 0.5) is 0 Å². The molecule has 2 N–H and O–H groups in total. The molecule has 0 radical (unpaired) electrons. The number of hydrogen-bond donors (Lipinski definition) is 1. The number of nitrogens with two attached hydrogens (primary N) is 1. The van der Waals surface area contributed by atoms with Gasteiger partial charge in [0.25, 0.3) is 0 Å². The molecule has 0 spiro atoms. The van der Waals surface area contributed by atoms with Crippen LogP contribution in [-0.2, 0) is 0 Å². The zero-order valence-corrected chi connectivity index (χ0v) is 13.9. The lowest BCUT2D eigenvalue weighted by molar-refractivity contribution is 0.0834. The van der Waals surface area contributed by atoms with Crippen molar-refractivity contribution in [1.82, 2.24) is 9.80 Å². The Hall–Kier alpha value is -0.900. The molecule has 1 aromatic carbocycles. The van der Waals surface area contributed by atoms with Crippen LogP contribution in [0.3, 0.4) is 0 Å². The van der Waals surface area contributed by atoms with Crippen molar-refractivity contribution < 1.29 is 0 Å². The molecule has 0 aliphatic carbocycles. The fourth-order valence-corrected chi connectivity index (χ4v) is 3.42. The molecular weight excluding hydrogens is 258 g/mol. The average molecular weight is 289 g/mol. The molecule has 2 atom stereocenters. The van der Waals surface area contributed by atoms with Crippen LogP contribution in [-0.4, -0.2) is 48.6 Å². The molecule has 1 fully saturated rings. The summed E-state index contributed by atoms with van der Waals surface area (Å²) in [6, 6.07) is 9.30. The van der Waals surface area contributed by atoms with Crippen LogP contribution in [0.1, 0.15) is 43.9 Å². The normalized spacial score (nSPS) is 20.4. The van der Waals surface area contributed by atoms with Crippen molar-refractivity contribution in [2.45, 2.75) is 45.7 Å². The Bertz CT molecular complexity index is 424. The van der Waals surface area contributed by atoms with Crippen LogP contribution in [0.15, 0.2) is 24.3 Å². The van der Waals surface area contributed by atoms with E-state index in [1.54, 1.807) is 0 Å². The summed E-state index contributed by atoms with van der Waals surface area (Å²) in [4.78, 5) is 5.17. The maximum atomic E-state index is 6.49. The van der Waals surface area contributed by atoms with E-state index < -0.39 is 0 Å². The van der Waals surface area contributed by atoms with E-state index in [1.807, 2.05) is 0 Å². The summed E-state index contributed by atoms with van der Waals surface area (Å²) in [5.41, 5.74) is 9.26. The smallest absolute Gasteiger partial charge is 0.0502 e. The third kappa shape index (κ3) is 4.06. The molecule has 1 saturated heterocycles. The van der Waals surface area contributed by atoms with Crippen molar-refractivity contribution in [3.63, 3.8) is 0 Å². The molecule has 1 aliphatic heterocycles. The van der Waals surface area contributed by atoms with Crippen LogP contribution in [0.25, 0.3) is 0 Å². The van der Waals surface area contributed by atoms with E-state index in [1.165, 1.54) is 37.2 Å². The van der Waals surface area contributed by atoms with Gasteiger partial charge in [0.15, 0.2) is 0 Å². The van der Waals surface area contributed by atoms with Gasteiger partial charge in [-0.1, -0.05) is 38.1 Å². The fraction of sp³-hybridized carbons (Fsp3) is 0.667. The summed E-state index contributed by atoms with van der Waals surface area (Å²) in [7, 11) is 0. The van der Waals surface area contributed by atoms with Gasteiger partial charge in [-0.25, -0.2) is 0 Å². The molecule has 21 heavy (non-hydrogen) atoms. The van der Waals surface area contributed by atoms with Crippen molar-refractivity contribution in [2.24, 2.45) is 5.73 Å². The number of piperazine rings is 1. The Morgan fingerprint density at radius 1 is 1.10 bits per heavy atom. The predicted molar refractivity (Wildman–Crippen MR) is 90.5 cm³/mol. The summed E-state index contributed by atoms with van der Waals surface area (Å²) in [5.74, 6) is 0. The molecule has 3 heteroatoms. The molecular formula is C18H31N3. The van der Waals surface area contributed by atoms with Gasteiger partial charge in [0.1, 0.15) is 0 Å². The highest BCUT2D eigenvalue weighted by molar-refractivity contribution is 5.30. The van der Waals surface area contributed by atoms with Gasteiger partial charge in [0.05, 0.1) is 6.04 Å². The Morgan fingerprint density at radius 3 is 2.33 bits per heavy atom. The summed E-state index contributed by atoms with van der Waals surface area (Å²) >= 11 is 0. The SMILES string of the molecule is CCCN1CCN(C(c2ccccc2C)C(N)CC)CC1. The zero-order valence-electron chi connectivity index (χ0n) is 13.9. The first-order valence-electron chi connectivity index (χ1n) is 8.44. The lowest BCUT2D eigenvalue weighted by Crippen LogP contribution is -2.51. The van der Waals surface area contributed by atoms with Gasteiger partial charge < -0.3 is 10.6 Å². The predicted octanol–water partition coefficient (Wildman–Crippen LogP) is 2.80. The first-order chi connectivity index (χ1) is 10.2. The molecule has 0 amide bonds. The van der Waals surface area contributed by atoms with Crippen LogP contribution in [0.2, 0.25) is 0 Å². The molecule has 0 saturated carbocycles. The van der Waals surface area contributed by atoms with Gasteiger partial charge in [0.2, 0.25) is 0 Å². The molecule has 2 rings (SSSR count). The molecule has 1 heterocycles. The average Bonchev–Trinajstić information content (AvgIpc) is 2.51. The Balaban J connectivity index is 2.13. The highest BCUT2D eigenvalue weighted by Gasteiger charge is 2.29. The van der Waals surface area contributed by atoms with E-state index in [-0.39, 0.29) is 6.04 Å². The first kappa shape index (κ1) is 16.5. The van der Waals surface area contributed by atoms with E-state index in [4.69, 9.17) is 5.73 Å². The van der Waals surface area contributed by atoms with Crippen molar-refractivity contribution in [1.29, 1.82) is 0 Å². The van der Waals surface area contributed by atoms with Gasteiger partial charge >= 0.3 is 0 Å². The Labute approximate surface area is 130 Å². The van der Waals surface area contributed by atoms with Gasteiger partial charge in [0, 0.05) is 32.2 Å². The minimum absolute atomic E-state index is 0.212. The number of benzene rings is 1. The van der Waals surface area contributed by atoms with Crippen LogP contribution in [0.5, 0.6) is 0 Å².